The molecular formula is C21H26N4OS2. The zero-order valence-electron chi connectivity index (χ0n) is 16.4. The molecule has 1 fully saturated rings. The molecule has 1 aliphatic heterocycles. The number of thioether (sulfide) groups is 2. The first-order valence-corrected chi connectivity index (χ1v) is 11.6. The zero-order chi connectivity index (χ0) is 19.3. The Morgan fingerprint density at radius 3 is 2.75 bits per heavy atom. The molecule has 2 aromatic heterocycles. The van der Waals surface area contributed by atoms with Gasteiger partial charge in [0.25, 0.3) is 0 Å². The van der Waals surface area contributed by atoms with E-state index in [-0.39, 0.29) is 0 Å². The van der Waals surface area contributed by atoms with Crippen molar-refractivity contribution < 1.29 is 4.74 Å². The maximum Gasteiger partial charge on any atom is 0.169 e. The summed E-state index contributed by atoms with van der Waals surface area (Å²) in [7, 11) is 2.08. The van der Waals surface area contributed by atoms with Gasteiger partial charge in [0.05, 0.1) is 29.9 Å². The fourth-order valence-corrected chi connectivity index (χ4v) is 5.43. The van der Waals surface area contributed by atoms with Crippen LogP contribution < -0.4 is 0 Å². The highest BCUT2D eigenvalue weighted by atomic mass is 32.2. The van der Waals surface area contributed by atoms with Crippen LogP contribution in [0.1, 0.15) is 11.3 Å². The Balaban J connectivity index is 1.38. The first-order chi connectivity index (χ1) is 13.7. The van der Waals surface area contributed by atoms with Gasteiger partial charge in [-0.3, -0.25) is 9.88 Å². The Bertz CT molecular complexity index is 937. The van der Waals surface area contributed by atoms with E-state index in [1.54, 1.807) is 11.8 Å². The number of ether oxygens (including phenoxy) is 1. The Labute approximate surface area is 174 Å². The van der Waals surface area contributed by atoms with Gasteiger partial charge in [-0.1, -0.05) is 23.9 Å². The third-order valence-corrected chi connectivity index (χ3v) is 7.29. The molecule has 0 radical (unpaired) electrons. The molecule has 1 saturated heterocycles. The maximum absolute atomic E-state index is 5.42. The molecular weight excluding hydrogens is 388 g/mol. The van der Waals surface area contributed by atoms with Crippen molar-refractivity contribution in [2.45, 2.75) is 22.7 Å². The Kier molecular flexibility index (Phi) is 6.57. The summed E-state index contributed by atoms with van der Waals surface area (Å²) in [5, 5.41) is 1.03. The Hall–Kier alpha value is -1.54. The monoisotopic (exact) mass is 414 g/mol. The topological polar surface area (TPSA) is 43.2 Å². The number of aryl methyl sites for hydroxylation is 1. The van der Waals surface area contributed by atoms with E-state index in [4.69, 9.17) is 9.72 Å². The lowest BCUT2D eigenvalue weighted by molar-refractivity contribution is 0.0410. The number of morpholine rings is 1. The van der Waals surface area contributed by atoms with Gasteiger partial charge in [0, 0.05) is 49.3 Å². The van der Waals surface area contributed by atoms with Gasteiger partial charge in [-0.25, -0.2) is 4.98 Å². The van der Waals surface area contributed by atoms with Crippen molar-refractivity contribution in [2.75, 3.05) is 38.6 Å². The van der Waals surface area contributed by atoms with Gasteiger partial charge in [-0.05, 0) is 30.7 Å². The lowest BCUT2D eigenvalue weighted by Gasteiger charge is -2.26. The number of nitrogens with zero attached hydrogens (tertiary/aromatic N) is 4. The number of para-hydroxylation sites is 2. The molecule has 7 heteroatoms. The summed E-state index contributed by atoms with van der Waals surface area (Å²) in [6, 6.07) is 10.4. The normalized spacial score (nSPS) is 15.4. The molecule has 0 unspecified atom stereocenters. The molecule has 0 spiro atoms. The van der Waals surface area contributed by atoms with Crippen molar-refractivity contribution in [1.82, 2.24) is 19.4 Å². The van der Waals surface area contributed by atoms with E-state index >= 15 is 0 Å². The quantitative estimate of drug-likeness (QED) is 0.545. The Morgan fingerprint density at radius 1 is 1.11 bits per heavy atom. The van der Waals surface area contributed by atoms with Crippen molar-refractivity contribution in [3.8, 4) is 0 Å². The molecule has 0 N–H and O–H groups in total. The summed E-state index contributed by atoms with van der Waals surface area (Å²) >= 11 is 3.68. The van der Waals surface area contributed by atoms with E-state index in [0.717, 1.165) is 60.7 Å². The molecule has 0 aliphatic carbocycles. The maximum atomic E-state index is 5.42. The second-order valence-electron chi connectivity index (χ2n) is 6.91. The van der Waals surface area contributed by atoms with Gasteiger partial charge in [-0.15, -0.1) is 11.8 Å². The zero-order valence-corrected chi connectivity index (χ0v) is 18.1. The summed E-state index contributed by atoms with van der Waals surface area (Å²) in [4.78, 5) is 13.2. The first-order valence-electron chi connectivity index (χ1n) is 9.64. The molecule has 0 saturated carbocycles. The molecule has 148 valence electrons. The number of fused-ring (bicyclic) bond motifs is 1. The van der Waals surface area contributed by atoms with Crippen LogP contribution in [0.15, 0.2) is 46.6 Å². The van der Waals surface area contributed by atoms with Crippen LogP contribution in [-0.2, 0) is 17.5 Å². The van der Waals surface area contributed by atoms with E-state index in [2.05, 4.69) is 52.7 Å². The molecule has 5 nitrogen and oxygen atoms in total. The lowest BCUT2D eigenvalue weighted by Crippen LogP contribution is -2.37. The van der Waals surface area contributed by atoms with Gasteiger partial charge < -0.3 is 9.30 Å². The molecule has 3 heterocycles. The van der Waals surface area contributed by atoms with Gasteiger partial charge in [0.15, 0.2) is 5.16 Å². The van der Waals surface area contributed by atoms with E-state index in [1.165, 1.54) is 16.0 Å². The predicted molar refractivity (Wildman–Crippen MR) is 117 cm³/mol. The molecule has 0 atom stereocenters. The standard InChI is InChI=1S/C21H26N4OS2/c1-16-18(15-28-21-23-17-5-3-4-6-19(17)24(21)2)22-8-7-20(16)27-14-11-25-9-12-26-13-10-25/h3-8H,9-15H2,1-2H3. The van der Waals surface area contributed by atoms with E-state index in [9.17, 15) is 0 Å². The van der Waals surface area contributed by atoms with Gasteiger partial charge in [0.1, 0.15) is 0 Å². The van der Waals surface area contributed by atoms with Crippen molar-refractivity contribution in [3.05, 3.63) is 47.8 Å². The van der Waals surface area contributed by atoms with E-state index < -0.39 is 0 Å². The summed E-state index contributed by atoms with van der Waals surface area (Å²) in [5.74, 6) is 1.93. The molecule has 0 amide bonds. The van der Waals surface area contributed by atoms with Crippen LogP contribution in [0, 0.1) is 6.92 Å². The van der Waals surface area contributed by atoms with E-state index in [0.29, 0.717) is 0 Å². The molecule has 3 aromatic rings. The SMILES string of the molecule is Cc1c(SCCN2CCOCC2)ccnc1CSc1nc2ccccc2n1C. The number of pyridine rings is 1. The minimum Gasteiger partial charge on any atom is -0.379 e. The number of hydrogen-bond acceptors (Lipinski definition) is 6. The second kappa shape index (κ2) is 9.31. The van der Waals surface area contributed by atoms with Crippen molar-refractivity contribution in [2.24, 2.45) is 7.05 Å². The third-order valence-electron chi connectivity index (χ3n) is 5.11. The molecule has 28 heavy (non-hydrogen) atoms. The van der Waals surface area contributed by atoms with Gasteiger partial charge in [0.2, 0.25) is 0 Å². The van der Waals surface area contributed by atoms with Crippen LogP contribution in [0.3, 0.4) is 0 Å². The number of imidazole rings is 1. The predicted octanol–water partition coefficient (Wildman–Crippen LogP) is 3.99. The highest BCUT2D eigenvalue weighted by Crippen LogP contribution is 2.29. The van der Waals surface area contributed by atoms with Crippen molar-refractivity contribution in [1.29, 1.82) is 0 Å². The number of hydrogen-bond donors (Lipinski definition) is 0. The fourth-order valence-electron chi connectivity index (χ4n) is 3.36. The second-order valence-corrected chi connectivity index (χ2v) is 8.99. The first kappa shape index (κ1) is 19.8. The smallest absolute Gasteiger partial charge is 0.169 e. The van der Waals surface area contributed by atoms with Crippen LogP contribution >= 0.6 is 23.5 Å². The van der Waals surface area contributed by atoms with Crippen molar-refractivity contribution in [3.63, 3.8) is 0 Å². The summed E-state index contributed by atoms with van der Waals surface area (Å²) in [6.07, 6.45) is 1.94. The molecule has 1 aromatic carbocycles. The lowest BCUT2D eigenvalue weighted by atomic mass is 10.2. The minimum atomic E-state index is 0.834. The van der Waals surface area contributed by atoms with Gasteiger partial charge in [-0.2, -0.15) is 0 Å². The largest absolute Gasteiger partial charge is 0.379 e. The summed E-state index contributed by atoms with van der Waals surface area (Å²) < 4.78 is 7.59. The number of rotatable bonds is 7. The highest BCUT2D eigenvalue weighted by molar-refractivity contribution is 7.99. The summed E-state index contributed by atoms with van der Waals surface area (Å²) in [6.45, 7) is 7.13. The fraction of sp³-hybridized carbons (Fsp3) is 0.429. The number of benzene rings is 1. The van der Waals surface area contributed by atoms with Crippen LogP contribution in [0.25, 0.3) is 11.0 Å². The van der Waals surface area contributed by atoms with Crippen LogP contribution in [0.2, 0.25) is 0 Å². The molecule has 1 aliphatic rings. The average Bonchev–Trinajstić information content (AvgIpc) is 3.05. The van der Waals surface area contributed by atoms with Gasteiger partial charge >= 0.3 is 0 Å². The summed E-state index contributed by atoms with van der Waals surface area (Å²) in [5.41, 5.74) is 4.65. The van der Waals surface area contributed by atoms with E-state index in [1.807, 2.05) is 24.0 Å². The molecule has 0 bridgehead atoms. The van der Waals surface area contributed by atoms with Crippen LogP contribution in [-0.4, -0.2) is 58.0 Å². The number of aromatic nitrogens is 3. The average molecular weight is 415 g/mol. The van der Waals surface area contributed by atoms with Crippen LogP contribution in [0.5, 0.6) is 0 Å². The van der Waals surface area contributed by atoms with Crippen molar-refractivity contribution >= 4 is 34.6 Å². The highest BCUT2D eigenvalue weighted by Gasteiger charge is 2.13. The molecule has 4 rings (SSSR count). The van der Waals surface area contributed by atoms with Crippen LogP contribution in [0.4, 0.5) is 0 Å². The third kappa shape index (κ3) is 4.54. The minimum absolute atomic E-state index is 0.834. The Morgan fingerprint density at radius 2 is 1.93 bits per heavy atom.